The first-order valence-corrected chi connectivity index (χ1v) is 8.48. The predicted octanol–water partition coefficient (Wildman–Crippen LogP) is 2.80. The minimum absolute atomic E-state index is 0.0681. The van der Waals surface area contributed by atoms with E-state index in [1.807, 2.05) is 30.3 Å². The fourth-order valence-electron chi connectivity index (χ4n) is 4.15. The van der Waals surface area contributed by atoms with E-state index in [0.717, 1.165) is 24.1 Å². The largest absolute Gasteiger partial charge is 0.481 e. The quantitative estimate of drug-likeness (QED) is 0.800. The number of aromatic amines is 1. The van der Waals surface area contributed by atoms with Crippen LogP contribution >= 0.6 is 0 Å². The summed E-state index contributed by atoms with van der Waals surface area (Å²) in [7, 11) is 0. The van der Waals surface area contributed by atoms with Crippen LogP contribution in [0, 0.1) is 11.3 Å². The molecule has 1 aliphatic heterocycles. The van der Waals surface area contributed by atoms with Gasteiger partial charge in [0.2, 0.25) is 0 Å². The SMILES string of the molecule is O=C(Nc1ccc(-c2ccn[nH]2)cc1)N1C[C@@H]2CCC[C@@]2(C(=O)O)C1. The molecule has 1 aromatic carbocycles. The molecule has 2 fully saturated rings. The van der Waals surface area contributed by atoms with Crippen molar-refractivity contribution < 1.29 is 14.7 Å². The topological polar surface area (TPSA) is 98.3 Å². The summed E-state index contributed by atoms with van der Waals surface area (Å²) in [6.07, 6.45) is 4.17. The molecule has 0 spiro atoms. The molecule has 0 bridgehead atoms. The number of carbonyl (C=O) groups is 2. The number of benzene rings is 1. The molecule has 1 saturated heterocycles. The third-order valence-electron chi connectivity index (χ3n) is 5.53. The van der Waals surface area contributed by atoms with Crippen LogP contribution in [0.15, 0.2) is 36.5 Å². The Labute approximate surface area is 145 Å². The molecule has 2 atom stereocenters. The molecule has 1 aliphatic carbocycles. The van der Waals surface area contributed by atoms with Crippen molar-refractivity contribution in [2.45, 2.75) is 19.3 Å². The van der Waals surface area contributed by atoms with Crippen molar-refractivity contribution in [2.24, 2.45) is 11.3 Å². The van der Waals surface area contributed by atoms with Crippen molar-refractivity contribution in [1.82, 2.24) is 15.1 Å². The molecule has 2 heterocycles. The van der Waals surface area contributed by atoms with Gasteiger partial charge >= 0.3 is 12.0 Å². The zero-order valence-electron chi connectivity index (χ0n) is 13.7. The number of urea groups is 1. The first kappa shape index (κ1) is 15.7. The number of amides is 2. The predicted molar refractivity (Wildman–Crippen MR) is 92.0 cm³/mol. The number of anilines is 1. The smallest absolute Gasteiger partial charge is 0.321 e. The molecule has 1 saturated carbocycles. The number of carboxylic acid groups (broad SMARTS) is 1. The molecule has 2 aliphatic rings. The highest BCUT2D eigenvalue weighted by molar-refractivity contribution is 5.91. The van der Waals surface area contributed by atoms with Crippen molar-refractivity contribution in [3.05, 3.63) is 36.5 Å². The van der Waals surface area contributed by atoms with Gasteiger partial charge in [-0.05, 0) is 42.5 Å². The van der Waals surface area contributed by atoms with E-state index < -0.39 is 11.4 Å². The molecule has 7 nitrogen and oxygen atoms in total. The number of aromatic nitrogens is 2. The molecular weight excluding hydrogens is 320 g/mol. The Kier molecular flexibility index (Phi) is 3.71. The Hall–Kier alpha value is -2.83. The summed E-state index contributed by atoms with van der Waals surface area (Å²) in [5, 5.41) is 19.3. The fourth-order valence-corrected chi connectivity index (χ4v) is 4.15. The monoisotopic (exact) mass is 340 g/mol. The normalized spacial score (nSPS) is 25.0. The van der Waals surface area contributed by atoms with Gasteiger partial charge in [0, 0.05) is 25.0 Å². The van der Waals surface area contributed by atoms with Crippen molar-refractivity contribution in [2.75, 3.05) is 18.4 Å². The van der Waals surface area contributed by atoms with Crippen LogP contribution in [0.2, 0.25) is 0 Å². The summed E-state index contributed by atoms with van der Waals surface area (Å²) in [6.45, 7) is 0.815. The Bertz CT molecular complexity index is 787. The lowest BCUT2D eigenvalue weighted by Gasteiger charge is -2.23. The number of fused-ring (bicyclic) bond motifs is 1. The molecule has 2 aromatic rings. The first-order valence-electron chi connectivity index (χ1n) is 8.48. The number of nitrogens with one attached hydrogen (secondary N) is 2. The van der Waals surface area contributed by atoms with Crippen LogP contribution < -0.4 is 5.32 Å². The average Bonchev–Trinajstić information content (AvgIpc) is 3.31. The van der Waals surface area contributed by atoms with Crippen molar-refractivity contribution in [1.29, 1.82) is 0 Å². The fraction of sp³-hybridized carbons (Fsp3) is 0.389. The van der Waals surface area contributed by atoms with Gasteiger partial charge in [-0.3, -0.25) is 9.89 Å². The lowest BCUT2D eigenvalue weighted by molar-refractivity contribution is -0.149. The van der Waals surface area contributed by atoms with Crippen LogP contribution in [0.4, 0.5) is 10.5 Å². The summed E-state index contributed by atoms with van der Waals surface area (Å²) in [5.41, 5.74) is 1.83. The highest BCUT2D eigenvalue weighted by Gasteiger charge is 2.55. The second-order valence-corrected chi connectivity index (χ2v) is 6.91. The summed E-state index contributed by atoms with van der Waals surface area (Å²) in [4.78, 5) is 25.9. The van der Waals surface area contributed by atoms with Gasteiger partial charge < -0.3 is 15.3 Å². The first-order chi connectivity index (χ1) is 12.1. The molecule has 2 amide bonds. The molecule has 7 heteroatoms. The average molecular weight is 340 g/mol. The van der Waals surface area contributed by atoms with Gasteiger partial charge in [-0.25, -0.2) is 4.79 Å². The molecule has 4 rings (SSSR count). The maximum absolute atomic E-state index is 12.5. The zero-order valence-corrected chi connectivity index (χ0v) is 13.7. The van der Waals surface area contributed by atoms with Crippen molar-refractivity contribution >= 4 is 17.7 Å². The van der Waals surface area contributed by atoms with Gasteiger partial charge in [-0.15, -0.1) is 0 Å². The van der Waals surface area contributed by atoms with E-state index >= 15 is 0 Å². The van der Waals surface area contributed by atoms with Crippen LogP contribution in [-0.2, 0) is 4.79 Å². The molecule has 130 valence electrons. The number of rotatable bonds is 3. The molecule has 0 radical (unpaired) electrons. The van der Waals surface area contributed by atoms with E-state index in [-0.39, 0.29) is 11.9 Å². The van der Waals surface area contributed by atoms with E-state index in [1.54, 1.807) is 11.1 Å². The van der Waals surface area contributed by atoms with Crippen LogP contribution in [0.5, 0.6) is 0 Å². The Morgan fingerprint density at radius 2 is 2.08 bits per heavy atom. The third-order valence-corrected chi connectivity index (χ3v) is 5.53. The Morgan fingerprint density at radius 1 is 1.28 bits per heavy atom. The highest BCUT2D eigenvalue weighted by atomic mass is 16.4. The number of hydrogen-bond donors (Lipinski definition) is 3. The maximum atomic E-state index is 12.5. The standard InChI is InChI=1S/C18H20N4O3/c23-16(24)18-8-1-2-13(18)10-22(11-18)17(25)20-14-5-3-12(4-6-14)15-7-9-19-21-15/h3-7,9,13H,1-2,8,10-11H2,(H,19,21)(H,20,25)(H,23,24)/t13-,18+/m0/s1. The molecule has 25 heavy (non-hydrogen) atoms. The van der Waals surface area contributed by atoms with Gasteiger partial charge in [0.15, 0.2) is 0 Å². The second-order valence-electron chi connectivity index (χ2n) is 6.91. The number of hydrogen-bond acceptors (Lipinski definition) is 3. The summed E-state index contributed by atoms with van der Waals surface area (Å²) in [5.74, 6) is -0.701. The number of aliphatic carboxylic acids is 1. The lowest BCUT2D eigenvalue weighted by atomic mass is 9.81. The molecule has 3 N–H and O–H groups in total. The van der Waals surface area contributed by atoms with E-state index in [1.165, 1.54) is 0 Å². The van der Waals surface area contributed by atoms with E-state index in [4.69, 9.17) is 0 Å². The van der Waals surface area contributed by atoms with E-state index in [9.17, 15) is 14.7 Å². The third kappa shape index (κ3) is 2.65. The van der Waals surface area contributed by atoms with Crippen LogP contribution in [-0.4, -0.2) is 45.3 Å². The summed E-state index contributed by atoms with van der Waals surface area (Å²) in [6, 6.07) is 9.11. The minimum Gasteiger partial charge on any atom is -0.481 e. The minimum atomic E-state index is -0.769. The number of H-pyrrole nitrogens is 1. The number of carbonyl (C=O) groups excluding carboxylic acids is 1. The number of carboxylic acids is 1. The zero-order chi connectivity index (χ0) is 17.4. The maximum Gasteiger partial charge on any atom is 0.321 e. The van der Waals surface area contributed by atoms with E-state index in [0.29, 0.717) is 25.2 Å². The van der Waals surface area contributed by atoms with Gasteiger partial charge in [0.25, 0.3) is 0 Å². The van der Waals surface area contributed by atoms with E-state index in [2.05, 4.69) is 15.5 Å². The molecule has 0 unspecified atom stereocenters. The summed E-state index contributed by atoms with van der Waals surface area (Å²) < 4.78 is 0. The molecule has 1 aromatic heterocycles. The Morgan fingerprint density at radius 3 is 2.72 bits per heavy atom. The second kappa shape index (κ2) is 5.91. The van der Waals surface area contributed by atoms with Crippen LogP contribution in [0.3, 0.4) is 0 Å². The highest BCUT2D eigenvalue weighted by Crippen LogP contribution is 2.48. The van der Waals surface area contributed by atoms with Gasteiger partial charge in [0.1, 0.15) is 0 Å². The Balaban J connectivity index is 1.43. The van der Waals surface area contributed by atoms with Crippen molar-refractivity contribution in [3.63, 3.8) is 0 Å². The van der Waals surface area contributed by atoms with Crippen molar-refractivity contribution in [3.8, 4) is 11.3 Å². The lowest BCUT2D eigenvalue weighted by Crippen LogP contribution is -2.38. The summed E-state index contributed by atoms with van der Waals surface area (Å²) >= 11 is 0. The number of likely N-dealkylation sites (tertiary alicyclic amines) is 1. The van der Waals surface area contributed by atoms with Crippen LogP contribution in [0.1, 0.15) is 19.3 Å². The molecular formula is C18H20N4O3. The van der Waals surface area contributed by atoms with Crippen LogP contribution in [0.25, 0.3) is 11.3 Å². The number of nitrogens with zero attached hydrogens (tertiary/aromatic N) is 2. The van der Waals surface area contributed by atoms with Gasteiger partial charge in [0.05, 0.1) is 11.1 Å². The van der Waals surface area contributed by atoms with Gasteiger partial charge in [-0.2, -0.15) is 5.10 Å². The van der Waals surface area contributed by atoms with Gasteiger partial charge in [-0.1, -0.05) is 18.6 Å².